The number of aryl methyl sites for hydroxylation is 1. The summed E-state index contributed by atoms with van der Waals surface area (Å²) in [5.74, 6) is -0.348. The van der Waals surface area contributed by atoms with Gasteiger partial charge in [-0.15, -0.1) is 0 Å². The summed E-state index contributed by atoms with van der Waals surface area (Å²) in [6.07, 6.45) is 0.574. The second-order valence-electron chi connectivity index (χ2n) is 6.22. The zero-order chi connectivity index (χ0) is 16.1. The van der Waals surface area contributed by atoms with E-state index in [0.717, 1.165) is 16.7 Å². The molecule has 0 saturated carbocycles. The monoisotopic (exact) mass is 304 g/mol. The first kappa shape index (κ1) is 14.9. The fourth-order valence-corrected chi connectivity index (χ4v) is 3.20. The lowest BCUT2D eigenvalue weighted by Crippen LogP contribution is -2.35. The predicted molar refractivity (Wildman–Crippen MR) is 81.6 cm³/mol. The Morgan fingerprint density at radius 1 is 1.45 bits per heavy atom. The van der Waals surface area contributed by atoms with Gasteiger partial charge in [0.05, 0.1) is 6.10 Å². The van der Waals surface area contributed by atoms with Crippen molar-refractivity contribution >= 4 is 16.9 Å². The van der Waals surface area contributed by atoms with E-state index in [0.29, 0.717) is 24.2 Å². The van der Waals surface area contributed by atoms with Crippen molar-refractivity contribution in [2.75, 3.05) is 6.61 Å². The topological polar surface area (TPSA) is 68.9 Å². The number of rotatable bonds is 3. The van der Waals surface area contributed by atoms with E-state index in [1.54, 1.807) is 13.0 Å². The van der Waals surface area contributed by atoms with Gasteiger partial charge in [-0.3, -0.25) is 0 Å². The van der Waals surface area contributed by atoms with Crippen LogP contribution in [0.1, 0.15) is 55.0 Å². The second kappa shape index (κ2) is 5.02. The van der Waals surface area contributed by atoms with Crippen LogP contribution >= 0.6 is 0 Å². The first-order valence-corrected chi connectivity index (χ1v) is 7.44. The lowest BCUT2D eigenvalue weighted by atomic mass is 9.88. The van der Waals surface area contributed by atoms with Gasteiger partial charge in [-0.25, -0.2) is 4.79 Å². The Kier molecular flexibility index (Phi) is 3.40. The average molecular weight is 304 g/mol. The van der Waals surface area contributed by atoms with Crippen molar-refractivity contribution in [1.82, 2.24) is 0 Å². The van der Waals surface area contributed by atoms with Gasteiger partial charge in [0.1, 0.15) is 16.9 Å². The number of fused-ring (bicyclic) bond motifs is 3. The van der Waals surface area contributed by atoms with E-state index < -0.39 is 5.97 Å². The molecule has 1 N–H and O–H groups in total. The largest absolute Gasteiger partial charge is 0.487 e. The van der Waals surface area contributed by atoms with Crippen molar-refractivity contribution in [2.45, 2.75) is 45.8 Å². The third kappa shape index (κ3) is 2.25. The molecule has 2 aromatic rings. The smallest absolute Gasteiger partial charge is 0.372 e. The van der Waals surface area contributed by atoms with E-state index in [2.05, 4.69) is 0 Å². The highest BCUT2D eigenvalue weighted by molar-refractivity contribution is 5.97. The van der Waals surface area contributed by atoms with Crippen LogP contribution in [0.5, 0.6) is 5.75 Å². The quantitative estimate of drug-likeness (QED) is 0.925. The molecule has 1 aliphatic heterocycles. The Labute approximate surface area is 128 Å². The first-order valence-electron chi connectivity index (χ1n) is 7.44. The maximum absolute atomic E-state index is 11.3. The third-order valence-corrected chi connectivity index (χ3v) is 4.04. The number of ether oxygens (including phenoxy) is 2. The fraction of sp³-hybridized carbons (Fsp3) is 0.471. The van der Waals surface area contributed by atoms with E-state index in [9.17, 15) is 9.90 Å². The van der Waals surface area contributed by atoms with Crippen LogP contribution in [-0.2, 0) is 4.74 Å². The molecule has 0 amide bonds. The standard InChI is InChI=1S/C17H20O5/c1-5-20-12-8-17(3,4)22-11-7-6-10-13(14(11)12)9(2)15(21-10)16(18)19/h6-7,12H,5,8H2,1-4H3,(H,18,19)/t12-/m1/s1. The molecular formula is C17H20O5. The van der Waals surface area contributed by atoms with E-state index in [-0.39, 0.29) is 17.5 Å². The predicted octanol–water partition coefficient (Wildman–Crippen LogP) is 4.08. The highest BCUT2D eigenvalue weighted by atomic mass is 16.5. The van der Waals surface area contributed by atoms with Gasteiger partial charge >= 0.3 is 5.97 Å². The van der Waals surface area contributed by atoms with Crippen LogP contribution in [0, 0.1) is 6.92 Å². The lowest BCUT2D eigenvalue weighted by molar-refractivity contribution is -0.0264. The van der Waals surface area contributed by atoms with Crippen LogP contribution in [-0.4, -0.2) is 23.3 Å². The minimum atomic E-state index is -1.06. The summed E-state index contributed by atoms with van der Waals surface area (Å²) in [4.78, 5) is 11.3. The van der Waals surface area contributed by atoms with E-state index in [1.165, 1.54) is 0 Å². The molecule has 0 unspecified atom stereocenters. The van der Waals surface area contributed by atoms with Gasteiger partial charge in [0.2, 0.25) is 5.76 Å². The van der Waals surface area contributed by atoms with Gasteiger partial charge in [-0.1, -0.05) is 0 Å². The number of carbonyl (C=O) groups is 1. The Bertz CT molecular complexity index is 741. The molecule has 0 saturated heterocycles. The van der Waals surface area contributed by atoms with Crippen molar-refractivity contribution in [3.05, 3.63) is 29.0 Å². The Morgan fingerprint density at radius 3 is 2.82 bits per heavy atom. The molecule has 1 aromatic heterocycles. The lowest BCUT2D eigenvalue weighted by Gasteiger charge is -2.37. The third-order valence-electron chi connectivity index (χ3n) is 4.04. The molecule has 0 radical (unpaired) electrons. The van der Waals surface area contributed by atoms with Crippen LogP contribution in [0.15, 0.2) is 16.5 Å². The molecule has 118 valence electrons. The SMILES string of the molecule is CCO[C@@H]1CC(C)(C)Oc2ccc3oc(C(=O)O)c(C)c3c21. The number of benzene rings is 1. The minimum Gasteiger partial charge on any atom is -0.487 e. The Hall–Kier alpha value is -2.01. The van der Waals surface area contributed by atoms with Crippen molar-refractivity contribution in [3.63, 3.8) is 0 Å². The summed E-state index contributed by atoms with van der Waals surface area (Å²) < 4.78 is 17.5. The number of hydrogen-bond donors (Lipinski definition) is 1. The van der Waals surface area contributed by atoms with Gasteiger partial charge in [0.15, 0.2) is 0 Å². The molecular weight excluding hydrogens is 284 g/mol. The maximum atomic E-state index is 11.3. The van der Waals surface area contributed by atoms with Crippen LogP contribution < -0.4 is 4.74 Å². The number of carboxylic acids is 1. The zero-order valence-corrected chi connectivity index (χ0v) is 13.2. The van der Waals surface area contributed by atoms with Crippen molar-refractivity contribution in [2.24, 2.45) is 0 Å². The van der Waals surface area contributed by atoms with E-state index in [4.69, 9.17) is 13.9 Å². The molecule has 0 fully saturated rings. The normalized spacial score (nSPS) is 19.7. The molecule has 1 aromatic carbocycles. The van der Waals surface area contributed by atoms with Crippen molar-refractivity contribution < 1.29 is 23.8 Å². The highest BCUT2D eigenvalue weighted by Crippen LogP contribution is 2.46. The molecule has 0 aliphatic carbocycles. The summed E-state index contributed by atoms with van der Waals surface area (Å²) in [6, 6.07) is 3.59. The minimum absolute atomic E-state index is 0.0246. The number of aromatic carboxylic acids is 1. The first-order chi connectivity index (χ1) is 10.3. The average Bonchev–Trinajstić information content (AvgIpc) is 2.75. The molecule has 0 spiro atoms. The number of hydrogen-bond acceptors (Lipinski definition) is 4. The van der Waals surface area contributed by atoms with Crippen molar-refractivity contribution in [1.29, 1.82) is 0 Å². The maximum Gasteiger partial charge on any atom is 0.372 e. The summed E-state index contributed by atoms with van der Waals surface area (Å²) >= 11 is 0. The molecule has 5 heteroatoms. The number of furan rings is 1. The van der Waals surface area contributed by atoms with Gasteiger partial charge in [0, 0.05) is 29.5 Å². The van der Waals surface area contributed by atoms with Gasteiger partial charge in [-0.05, 0) is 39.8 Å². The molecule has 2 heterocycles. The zero-order valence-electron chi connectivity index (χ0n) is 13.2. The highest BCUT2D eigenvalue weighted by Gasteiger charge is 2.37. The number of carboxylic acid groups (broad SMARTS) is 1. The van der Waals surface area contributed by atoms with Crippen LogP contribution in [0.2, 0.25) is 0 Å². The summed E-state index contributed by atoms with van der Waals surface area (Å²) in [7, 11) is 0. The van der Waals surface area contributed by atoms with Gasteiger partial charge in [-0.2, -0.15) is 0 Å². The Balaban J connectivity index is 2.27. The summed E-state index contributed by atoms with van der Waals surface area (Å²) in [5.41, 5.74) is 1.75. The van der Waals surface area contributed by atoms with Crippen LogP contribution in [0.4, 0.5) is 0 Å². The van der Waals surface area contributed by atoms with Crippen LogP contribution in [0.25, 0.3) is 11.0 Å². The van der Waals surface area contributed by atoms with E-state index in [1.807, 2.05) is 26.8 Å². The van der Waals surface area contributed by atoms with Gasteiger partial charge < -0.3 is 19.0 Å². The second-order valence-corrected chi connectivity index (χ2v) is 6.22. The molecule has 0 bridgehead atoms. The molecule has 22 heavy (non-hydrogen) atoms. The Morgan fingerprint density at radius 2 is 2.18 bits per heavy atom. The van der Waals surface area contributed by atoms with Crippen LogP contribution in [0.3, 0.4) is 0 Å². The van der Waals surface area contributed by atoms with E-state index >= 15 is 0 Å². The fourth-order valence-electron chi connectivity index (χ4n) is 3.20. The summed E-state index contributed by atoms with van der Waals surface area (Å²) in [6.45, 7) is 8.35. The molecule has 3 rings (SSSR count). The van der Waals surface area contributed by atoms with Crippen molar-refractivity contribution in [3.8, 4) is 5.75 Å². The van der Waals surface area contributed by atoms with Gasteiger partial charge in [0.25, 0.3) is 0 Å². The molecule has 1 aliphatic rings. The molecule has 5 nitrogen and oxygen atoms in total. The summed E-state index contributed by atoms with van der Waals surface area (Å²) in [5, 5.41) is 10.1. The molecule has 1 atom stereocenters.